The van der Waals surface area contributed by atoms with E-state index in [4.69, 9.17) is 11.6 Å². The normalized spacial score (nSPS) is 12.4. The summed E-state index contributed by atoms with van der Waals surface area (Å²) in [7, 11) is 2.14. The number of anilines is 1. The highest BCUT2D eigenvalue weighted by molar-refractivity contribution is 9.10. The fourth-order valence-corrected chi connectivity index (χ4v) is 3.70. The molecule has 0 amide bonds. The third-order valence-electron chi connectivity index (χ3n) is 3.33. The summed E-state index contributed by atoms with van der Waals surface area (Å²) in [4.78, 5) is 3.73. The van der Waals surface area contributed by atoms with E-state index in [-0.39, 0.29) is 0 Å². The third kappa shape index (κ3) is 3.74. The molecule has 1 atom stereocenters. The van der Waals surface area contributed by atoms with Crippen LogP contribution in [0.25, 0.3) is 0 Å². The average molecular weight is 359 g/mol. The van der Waals surface area contributed by atoms with Gasteiger partial charge in [-0.1, -0.05) is 28.1 Å². The van der Waals surface area contributed by atoms with Crippen molar-refractivity contribution in [3.63, 3.8) is 0 Å². The van der Waals surface area contributed by atoms with Crippen molar-refractivity contribution in [1.82, 2.24) is 0 Å². The lowest BCUT2D eigenvalue weighted by atomic mass is 10.1. The lowest BCUT2D eigenvalue weighted by molar-refractivity contribution is 0.688. The minimum Gasteiger partial charge on any atom is -0.371 e. The molecular weight excluding hydrogens is 342 g/mol. The first kappa shape index (κ1) is 14.9. The van der Waals surface area contributed by atoms with Crippen LogP contribution in [0.3, 0.4) is 0 Å². The molecule has 2 rings (SSSR count). The lowest BCUT2D eigenvalue weighted by Crippen LogP contribution is -2.30. The highest BCUT2D eigenvalue weighted by atomic mass is 79.9. The van der Waals surface area contributed by atoms with E-state index in [1.165, 1.54) is 10.6 Å². The Bertz CT molecular complexity index is 527. The van der Waals surface area contributed by atoms with E-state index in [9.17, 15) is 0 Å². The zero-order valence-electron chi connectivity index (χ0n) is 11.1. The third-order valence-corrected chi connectivity index (χ3v) is 5.25. The quantitative estimate of drug-likeness (QED) is 0.654. The van der Waals surface area contributed by atoms with Gasteiger partial charge in [-0.15, -0.1) is 22.9 Å². The fraction of sp³-hybridized carbons (Fsp3) is 0.333. The summed E-state index contributed by atoms with van der Waals surface area (Å²) < 4.78 is 1.08. The molecule has 0 fully saturated rings. The highest BCUT2D eigenvalue weighted by Gasteiger charge is 2.12. The molecule has 1 aromatic heterocycles. The fourth-order valence-electron chi connectivity index (χ4n) is 1.98. The zero-order valence-corrected chi connectivity index (χ0v) is 14.2. The van der Waals surface area contributed by atoms with E-state index in [0.717, 1.165) is 16.5 Å². The van der Waals surface area contributed by atoms with Gasteiger partial charge in [-0.3, -0.25) is 0 Å². The van der Waals surface area contributed by atoms with Gasteiger partial charge in [0.25, 0.3) is 0 Å². The number of hydrogen-bond acceptors (Lipinski definition) is 2. The van der Waals surface area contributed by atoms with E-state index in [1.807, 2.05) is 11.3 Å². The van der Waals surface area contributed by atoms with Crippen LogP contribution in [0, 0.1) is 0 Å². The van der Waals surface area contributed by atoms with Gasteiger partial charge < -0.3 is 4.90 Å². The molecule has 0 aliphatic heterocycles. The predicted molar refractivity (Wildman–Crippen MR) is 89.6 cm³/mol. The number of halogens is 2. The molecule has 0 bridgehead atoms. The van der Waals surface area contributed by atoms with Crippen LogP contribution in [0.4, 0.5) is 5.69 Å². The SMILES string of the molecule is CC(Cc1cccs1)N(C)c1ccc(CCl)c(Br)c1. The Morgan fingerprint density at radius 3 is 2.74 bits per heavy atom. The molecule has 0 spiro atoms. The van der Waals surface area contributed by atoms with Crippen molar-refractivity contribution in [3.8, 4) is 0 Å². The number of hydrogen-bond donors (Lipinski definition) is 0. The number of benzene rings is 1. The van der Waals surface area contributed by atoms with Crippen LogP contribution in [0.5, 0.6) is 0 Å². The van der Waals surface area contributed by atoms with Crippen molar-refractivity contribution in [2.75, 3.05) is 11.9 Å². The van der Waals surface area contributed by atoms with Crippen LogP contribution in [0.1, 0.15) is 17.4 Å². The standard InChI is InChI=1S/C15H17BrClNS/c1-11(8-14-4-3-7-19-14)18(2)13-6-5-12(10-17)15(16)9-13/h3-7,9,11H,8,10H2,1-2H3. The monoisotopic (exact) mass is 357 g/mol. The Kier molecular flexibility index (Phi) is 5.31. The van der Waals surface area contributed by atoms with Crippen LogP contribution >= 0.6 is 38.9 Å². The number of rotatable bonds is 5. The van der Waals surface area contributed by atoms with E-state index >= 15 is 0 Å². The van der Waals surface area contributed by atoms with Gasteiger partial charge in [0.05, 0.1) is 0 Å². The van der Waals surface area contributed by atoms with Crippen molar-refractivity contribution in [2.24, 2.45) is 0 Å². The van der Waals surface area contributed by atoms with Crippen molar-refractivity contribution in [3.05, 3.63) is 50.6 Å². The van der Waals surface area contributed by atoms with Gasteiger partial charge in [0.2, 0.25) is 0 Å². The number of thiophene rings is 1. The molecule has 0 saturated heterocycles. The first-order valence-electron chi connectivity index (χ1n) is 6.21. The molecule has 0 aliphatic carbocycles. The molecule has 4 heteroatoms. The van der Waals surface area contributed by atoms with E-state index in [0.29, 0.717) is 11.9 Å². The topological polar surface area (TPSA) is 3.24 Å². The predicted octanol–water partition coefficient (Wildman–Crippen LogP) is 5.32. The van der Waals surface area contributed by atoms with Crippen LogP contribution in [0.15, 0.2) is 40.2 Å². The largest absolute Gasteiger partial charge is 0.371 e. The summed E-state index contributed by atoms with van der Waals surface area (Å²) in [6.07, 6.45) is 1.07. The molecule has 0 aliphatic rings. The van der Waals surface area contributed by atoms with Gasteiger partial charge in [0.1, 0.15) is 0 Å². The van der Waals surface area contributed by atoms with Crippen LogP contribution < -0.4 is 4.90 Å². The Labute approximate surface area is 132 Å². The molecular formula is C15H17BrClNS. The highest BCUT2D eigenvalue weighted by Crippen LogP contribution is 2.26. The molecule has 1 aromatic carbocycles. The summed E-state index contributed by atoms with van der Waals surface area (Å²) in [5.41, 5.74) is 2.34. The van der Waals surface area contributed by atoms with Gasteiger partial charge >= 0.3 is 0 Å². The number of likely N-dealkylation sites (N-methyl/N-ethyl adjacent to an activating group) is 1. The van der Waals surface area contributed by atoms with Gasteiger partial charge in [-0.25, -0.2) is 0 Å². The Morgan fingerprint density at radius 1 is 1.37 bits per heavy atom. The first-order valence-corrected chi connectivity index (χ1v) is 8.42. The van der Waals surface area contributed by atoms with Crippen LogP contribution in [-0.4, -0.2) is 13.1 Å². The van der Waals surface area contributed by atoms with Gasteiger partial charge in [-0.05, 0) is 36.1 Å². The second-order valence-electron chi connectivity index (χ2n) is 4.65. The number of nitrogens with zero attached hydrogens (tertiary/aromatic N) is 1. The molecule has 0 radical (unpaired) electrons. The smallest absolute Gasteiger partial charge is 0.0485 e. The van der Waals surface area contributed by atoms with E-state index in [1.54, 1.807) is 0 Å². The Hall–Kier alpha value is -0.510. The molecule has 1 heterocycles. The van der Waals surface area contributed by atoms with Crippen molar-refractivity contribution in [1.29, 1.82) is 0 Å². The minimum atomic E-state index is 0.465. The molecule has 1 nitrogen and oxygen atoms in total. The maximum atomic E-state index is 5.88. The Morgan fingerprint density at radius 2 is 2.16 bits per heavy atom. The molecule has 102 valence electrons. The maximum absolute atomic E-state index is 5.88. The zero-order chi connectivity index (χ0) is 13.8. The molecule has 0 saturated carbocycles. The minimum absolute atomic E-state index is 0.465. The van der Waals surface area contributed by atoms with Gasteiger partial charge in [0, 0.05) is 40.4 Å². The summed E-state index contributed by atoms with van der Waals surface area (Å²) >= 11 is 11.3. The Balaban J connectivity index is 2.10. The van der Waals surface area contributed by atoms with Crippen molar-refractivity contribution >= 4 is 44.6 Å². The maximum Gasteiger partial charge on any atom is 0.0485 e. The van der Waals surface area contributed by atoms with E-state index in [2.05, 4.69) is 70.5 Å². The van der Waals surface area contributed by atoms with Crippen molar-refractivity contribution < 1.29 is 0 Å². The van der Waals surface area contributed by atoms with Gasteiger partial charge in [-0.2, -0.15) is 0 Å². The summed E-state index contributed by atoms with van der Waals surface area (Å²) in [5, 5.41) is 2.13. The molecule has 2 aromatic rings. The summed E-state index contributed by atoms with van der Waals surface area (Å²) in [6.45, 7) is 2.25. The first-order chi connectivity index (χ1) is 9.11. The summed E-state index contributed by atoms with van der Waals surface area (Å²) in [6, 6.07) is 11.1. The molecule has 1 unspecified atom stereocenters. The lowest BCUT2D eigenvalue weighted by Gasteiger charge is -2.27. The average Bonchev–Trinajstić information content (AvgIpc) is 2.90. The van der Waals surface area contributed by atoms with Crippen molar-refractivity contribution in [2.45, 2.75) is 25.3 Å². The number of alkyl halides is 1. The van der Waals surface area contributed by atoms with E-state index < -0.39 is 0 Å². The summed E-state index contributed by atoms with van der Waals surface area (Å²) in [5.74, 6) is 0.537. The molecule has 0 N–H and O–H groups in total. The van der Waals surface area contributed by atoms with Crippen LogP contribution in [-0.2, 0) is 12.3 Å². The second kappa shape index (κ2) is 6.78. The second-order valence-corrected chi connectivity index (χ2v) is 6.81. The van der Waals surface area contributed by atoms with Gasteiger partial charge in [0.15, 0.2) is 0 Å². The van der Waals surface area contributed by atoms with Crippen LogP contribution in [0.2, 0.25) is 0 Å². The molecule has 19 heavy (non-hydrogen) atoms.